The lowest BCUT2D eigenvalue weighted by Gasteiger charge is -2.11. The van der Waals surface area contributed by atoms with Crippen molar-refractivity contribution in [3.63, 3.8) is 0 Å². The van der Waals surface area contributed by atoms with Crippen molar-refractivity contribution in [3.05, 3.63) is 48.2 Å². The van der Waals surface area contributed by atoms with E-state index in [-0.39, 0.29) is 5.91 Å². The number of carbonyl (C=O) groups excluding carboxylic acids is 1. The maximum Gasteiger partial charge on any atom is 0.256 e. The summed E-state index contributed by atoms with van der Waals surface area (Å²) < 4.78 is 10.9. The Morgan fingerprint density at radius 2 is 2.04 bits per heavy atom. The zero-order valence-corrected chi connectivity index (χ0v) is 13.5. The second kappa shape index (κ2) is 9.16. The Hall–Kier alpha value is -3.07. The molecule has 24 heavy (non-hydrogen) atoms. The second-order valence-electron chi connectivity index (χ2n) is 4.87. The number of rotatable bonds is 8. The Kier molecular flexibility index (Phi) is 6.59. The van der Waals surface area contributed by atoms with Gasteiger partial charge in [-0.2, -0.15) is 5.26 Å². The summed E-state index contributed by atoms with van der Waals surface area (Å²) in [7, 11) is 0. The molecule has 0 aliphatic heterocycles. The molecule has 6 nitrogen and oxygen atoms in total. The van der Waals surface area contributed by atoms with Crippen LogP contribution in [0.3, 0.4) is 0 Å². The van der Waals surface area contributed by atoms with Crippen LogP contribution in [0, 0.1) is 11.3 Å². The van der Waals surface area contributed by atoms with Gasteiger partial charge in [0, 0.05) is 18.2 Å². The van der Waals surface area contributed by atoms with Crippen LogP contribution in [0.2, 0.25) is 0 Å². The van der Waals surface area contributed by atoms with Crippen molar-refractivity contribution in [1.29, 1.82) is 5.26 Å². The van der Waals surface area contributed by atoms with Gasteiger partial charge in [0.05, 0.1) is 19.3 Å². The number of unbranched alkanes of at least 4 members (excludes halogenated alkanes) is 1. The van der Waals surface area contributed by atoms with Gasteiger partial charge in [-0.1, -0.05) is 0 Å². The van der Waals surface area contributed by atoms with E-state index in [2.05, 4.69) is 16.4 Å². The molecule has 2 rings (SSSR count). The van der Waals surface area contributed by atoms with Crippen molar-refractivity contribution in [2.24, 2.45) is 0 Å². The lowest BCUT2D eigenvalue weighted by molar-refractivity contribution is 0.102. The Morgan fingerprint density at radius 1 is 1.25 bits per heavy atom. The van der Waals surface area contributed by atoms with Crippen molar-refractivity contribution in [1.82, 2.24) is 4.98 Å². The van der Waals surface area contributed by atoms with E-state index in [4.69, 9.17) is 14.7 Å². The highest BCUT2D eigenvalue weighted by Crippen LogP contribution is 2.22. The number of hydrogen-bond acceptors (Lipinski definition) is 5. The van der Waals surface area contributed by atoms with Crippen molar-refractivity contribution in [2.75, 3.05) is 18.5 Å². The molecular weight excluding hydrogens is 306 g/mol. The van der Waals surface area contributed by atoms with Crippen LogP contribution in [0.1, 0.15) is 30.1 Å². The second-order valence-corrected chi connectivity index (χ2v) is 4.87. The topological polar surface area (TPSA) is 84.2 Å². The minimum atomic E-state index is -0.279. The van der Waals surface area contributed by atoms with Crippen LogP contribution < -0.4 is 14.8 Å². The number of anilines is 1. The summed E-state index contributed by atoms with van der Waals surface area (Å²) in [5.41, 5.74) is 0.500. The summed E-state index contributed by atoms with van der Waals surface area (Å²) in [6.45, 7) is 2.87. The smallest absolute Gasteiger partial charge is 0.256 e. The van der Waals surface area contributed by atoms with Gasteiger partial charge < -0.3 is 14.8 Å². The standard InChI is InChI=1S/C18H19N3O3/c1-2-23-15-9-7-14(8-10-15)18(22)21-17-16(6-5-12-20-17)24-13-4-3-11-19/h5-10,12H,2-4,13H2,1H3,(H,20,21,22). The fourth-order valence-electron chi connectivity index (χ4n) is 1.98. The third kappa shape index (κ3) is 4.99. The molecule has 1 aromatic carbocycles. The number of hydrogen-bond donors (Lipinski definition) is 1. The lowest BCUT2D eigenvalue weighted by Crippen LogP contribution is -2.14. The van der Waals surface area contributed by atoms with Gasteiger partial charge in [-0.3, -0.25) is 4.79 Å². The first-order chi connectivity index (χ1) is 11.7. The van der Waals surface area contributed by atoms with Crippen LogP contribution in [0.25, 0.3) is 0 Å². The maximum absolute atomic E-state index is 12.3. The molecule has 0 saturated heterocycles. The molecular formula is C18H19N3O3. The third-order valence-corrected chi connectivity index (χ3v) is 3.12. The molecule has 1 N–H and O–H groups in total. The van der Waals surface area contributed by atoms with Crippen LogP contribution in [0.4, 0.5) is 5.82 Å². The van der Waals surface area contributed by atoms with E-state index in [1.54, 1.807) is 42.6 Å². The molecule has 124 valence electrons. The summed E-state index contributed by atoms with van der Waals surface area (Å²) in [4.78, 5) is 16.5. The lowest BCUT2D eigenvalue weighted by atomic mass is 10.2. The predicted molar refractivity (Wildman–Crippen MR) is 90.1 cm³/mol. The van der Waals surface area contributed by atoms with E-state index in [0.717, 1.165) is 0 Å². The summed E-state index contributed by atoms with van der Waals surface area (Å²) in [5, 5.41) is 11.3. The molecule has 1 aromatic heterocycles. The highest BCUT2D eigenvalue weighted by molar-refractivity contribution is 6.04. The molecule has 0 saturated carbocycles. The Balaban J connectivity index is 2.01. The van der Waals surface area contributed by atoms with Crippen LogP contribution in [0.15, 0.2) is 42.6 Å². The average molecular weight is 325 g/mol. The van der Waals surface area contributed by atoms with Crippen molar-refractivity contribution in [3.8, 4) is 17.6 Å². The Bertz CT molecular complexity index is 708. The van der Waals surface area contributed by atoms with Crippen molar-refractivity contribution < 1.29 is 14.3 Å². The first-order valence-corrected chi connectivity index (χ1v) is 7.73. The Morgan fingerprint density at radius 3 is 2.75 bits per heavy atom. The number of nitriles is 1. The number of ether oxygens (including phenoxy) is 2. The van der Waals surface area contributed by atoms with Crippen molar-refractivity contribution in [2.45, 2.75) is 19.8 Å². The molecule has 1 heterocycles. The normalized spacial score (nSPS) is 9.83. The van der Waals surface area contributed by atoms with E-state index < -0.39 is 0 Å². The van der Waals surface area contributed by atoms with E-state index in [1.807, 2.05) is 6.92 Å². The minimum Gasteiger partial charge on any atom is -0.494 e. The minimum absolute atomic E-state index is 0.279. The number of benzene rings is 1. The first kappa shape index (κ1) is 17.3. The molecule has 0 bridgehead atoms. The summed E-state index contributed by atoms with van der Waals surface area (Å²) >= 11 is 0. The number of amides is 1. The molecule has 6 heteroatoms. The van der Waals surface area contributed by atoms with Gasteiger partial charge in [0.15, 0.2) is 11.6 Å². The molecule has 0 spiro atoms. The fourth-order valence-corrected chi connectivity index (χ4v) is 1.98. The molecule has 0 fully saturated rings. The summed E-state index contributed by atoms with van der Waals surface area (Å²) in [6.07, 6.45) is 2.63. The highest BCUT2D eigenvalue weighted by atomic mass is 16.5. The van der Waals surface area contributed by atoms with E-state index in [0.29, 0.717) is 48.9 Å². The quantitative estimate of drug-likeness (QED) is 0.752. The predicted octanol–water partition coefficient (Wildman–Crippen LogP) is 3.42. The van der Waals surface area contributed by atoms with Crippen molar-refractivity contribution >= 4 is 11.7 Å². The SMILES string of the molecule is CCOc1ccc(C(=O)Nc2ncccc2OCCCC#N)cc1. The molecule has 0 aliphatic rings. The van der Waals surface area contributed by atoms with Gasteiger partial charge in [0.1, 0.15) is 5.75 Å². The average Bonchev–Trinajstić information content (AvgIpc) is 2.61. The van der Waals surface area contributed by atoms with Gasteiger partial charge in [-0.15, -0.1) is 0 Å². The molecule has 1 amide bonds. The zero-order valence-electron chi connectivity index (χ0n) is 13.5. The molecule has 0 atom stereocenters. The number of nitrogens with zero attached hydrogens (tertiary/aromatic N) is 2. The first-order valence-electron chi connectivity index (χ1n) is 7.73. The van der Waals surface area contributed by atoms with Gasteiger partial charge in [0.2, 0.25) is 0 Å². The summed E-state index contributed by atoms with van der Waals surface area (Å²) in [6, 6.07) is 12.4. The van der Waals surface area contributed by atoms with Crippen LogP contribution in [0.5, 0.6) is 11.5 Å². The number of nitrogens with one attached hydrogen (secondary N) is 1. The van der Waals surface area contributed by atoms with Crippen LogP contribution in [-0.2, 0) is 0 Å². The Labute approximate surface area is 141 Å². The monoisotopic (exact) mass is 325 g/mol. The van der Waals surface area contributed by atoms with Crippen LogP contribution in [-0.4, -0.2) is 24.1 Å². The summed E-state index contributed by atoms with van der Waals surface area (Å²) in [5.74, 6) is 1.27. The molecule has 0 radical (unpaired) electrons. The maximum atomic E-state index is 12.3. The fraction of sp³-hybridized carbons (Fsp3) is 0.278. The van der Waals surface area contributed by atoms with Gasteiger partial charge in [-0.05, 0) is 49.7 Å². The van der Waals surface area contributed by atoms with Gasteiger partial charge in [-0.25, -0.2) is 4.98 Å². The molecule has 0 aliphatic carbocycles. The largest absolute Gasteiger partial charge is 0.494 e. The highest BCUT2D eigenvalue weighted by Gasteiger charge is 2.11. The van der Waals surface area contributed by atoms with Gasteiger partial charge in [0.25, 0.3) is 5.91 Å². The number of aromatic nitrogens is 1. The molecule has 2 aromatic rings. The van der Waals surface area contributed by atoms with E-state index in [1.165, 1.54) is 0 Å². The number of pyridine rings is 1. The van der Waals surface area contributed by atoms with E-state index >= 15 is 0 Å². The molecule has 0 unspecified atom stereocenters. The third-order valence-electron chi connectivity index (χ3n) is 3.12. The number of carbonyl (C=O) groups is 1. The van der Waals surface area contributed by atoms with Gasteiger partial charge >= 0.3 is 0 Å². The van der Waals surface area contributed by atoms with E-state index in [9.17, 15) is 4.79 Å². The van der Waals surface area contributed by atoms with Crippen LogP contribution >= 0.6 is 0 Å². The zero-order chi connectivity index (χ0) is 17.2.